The topological polar surface area (TPSA) is 24.9 Å². The van der Waals surface area contributed by atoms with E-state index in [0.29, 0.717) is 5.41 Å². The average Bonchev–Trinajstić information content (AvgIpc) is 3.00. The molecular formula is C14H18N2S. The van der Waals surface area contributed by atoms with Gasteiger partial charge in [-0.1, -0.05) is 25.5 Å². The van der Waals surface area contributed by atoms with Crippen LogP contribution in [0.5, 0.6) is 0 Å². The van der Waals surface area contributed by atoms with E-state index in [9.17, 15) is 0 Å². The Morgan fingerprint density at radius 1 is 1.35 bits per heavy atom. The summed E-state index contributed by atoms with van der Waals surface area (Å²) in [6.45, 7) is 3.40. The van der Waals surface area contributed by atoms with Crippen LogP contribution in [-0.2, 0) is 0 Å². The number of aromatic nitrogens is 1. The maximum atomic E-state index is 4.46. The summed E-state index contributed by atoms with van der Waals surface area (Å²) in [4.78, 5) is 0. The number of nitrogens with zero attached hydrogens (tertiary/aromatic N) is 1. The highest BCUT2D eigenvalue weighted by Gasteiger charge is 2.41. The zero-order chi connectivity index (χ0) is 11.7. The van der Waals surface area contributed by atoms with Gasteiger partial charge in [-0.05, 0) is 48.3 Å². The lowest BCUT2D eigenvalue weighted by atomic mass is 10.0. The minimum Gasteiger partial charge on any atom is -0.375 e. The lowest BCUT2D eigenvalue weighted by molar-refractivity contribution is 0.486. The highest BCUT2D eigenvalue weighted by molar-refractivity contribution is 7.11. The molecule has 90 valence electrons. The first-order valence-corrected chi connectivity index (χ1v) is 7.19. The molecule has 0 unspecified atom stereocenters. The van der Waals surface area contributed by atoms with Gasteiger partial charge in [-0.25, -0.2) is 0 Å². The smallest absolute Gasteiger partial charge is 0.117 e. The third-order valence-electron chi connectivity index (χ3n) is 3.75. The minimum atomic E-state index is 0.597. The average molecular weight is 246 g/mol. The van der Waals surface area contributed by atoms with E-state index in [1.807, 2.05) is 6.07 Å². The summed E-state index contributed by atoms with van der Waals surface area (Å²) in [7, 11) is 0. The van der Waals surface area contributed by atoms with Crippen molar-refractivity contribution in [1.29, 1.82) is 0 Å². The van der Waals surface area contributed by atoms with Gasteiger partial charge >= 0.3 is 0 Å². The fourth-order valence-corrected chi connectivity index (χ4v) is 3.26. The van der Waals surface area contributed by atoms with Gasteiger partial charge in [0.05, 0.1) is 5.52 Å². The SMILES string of the molecule is CCCC1(CNc2snc3ccccc23)CC1. The maximum Gasteiger partial charge on any atom is 0.117 e. The molecule has 0 spiro atoms. The van der Waals surface area contributed by atoms with Gasteiger partial charge in [-0.15, -0.1) is 0 Å². The van der Waals surface area contributed by atoms with Gasteiger partial charge in [-0.3, -0.25) is 0 Å². The van der Waals surface area contributed by atoms with Crippen molar-refractivity contribution in [2.45, 2.75) is 32.6 Å². The molecule has 0 aliphatic heterocycles. The highest BCUT2D eigenvalue weighted by atomic mass is 32.1. The van der Waals surface area contributed by atoms with Gasteiger partial charge in [0.25, 0.3) is 0 Å². The van der Waals surface area contributed by atoms with E-state index in [-0.39, 0.29) is 0 Å². The molecule has 0 saturated heterocycles. The molecule has 1 aromatic heterocycles. The molecule has 1 heterocycles. The number of fused-ring (bicyclic) bond motifs is 1. The van der Waals surface area contributed by atoms with Crippen LogP contribution in [0.4, 0.5) is 5.00 Å². The lowest BCUT2D eigenvalue weighted by Gasteiger charge is -2.14. The summed E-state index contributed by atoms with van der Waals surface area (Å²) >= 11 is 1.59. The Bertz CT molecular complexity index is 514. The van der Waals surface area contributed by atoms with Crippen LogP contribution in [0.25, 0.3) is 10.9 Å². The quantitative estimate of drug-likeness (QED) is 0.851. The second kappa shape index (κ2) is 4.30. The Hall–Kier alpha value is -1.09. The first-order valence-electron chi connectivity index (χ1n) is 6.41. The fraction of sp³-hybridized carbons (Fsp3) is 0.500. The minimum absolute atomic E-state index is 0.597. The number of hydrogen-bond acceptors (Lipinski definition) is 3. The number of anilines is 1. The second-order valence-corrected chi connectivity index (χ2v) is 5.91. The lowest BCUT2D eigenvalue weighted by Crippen LogP contribution is -2.14. The Labute approximate surface area is 106 Å². The Kier molecular flexibility index (Phi) is 2.79. The molecule has 0 amide bonds. The molecule has 1 aromatic carbocycles. The van der Waals surface area contributed by atoms with Crippen LogP contribution in [0.2, 0.25) is 0 Å². The highest BCUT2D eigenvalue weighted by Crippen LogP contribution is 2.49. The molecular weight excluding hydrogens is 228 g/mol. The van der Waals surface area contributed by atoms with Crippen LogP contribution in [0, 0.1) is 5.41 Å². The van der Waals surface area contributed by atoms with Crippen molar-refractivity contribution in [3.8, 4) is 0 Å². The zero-order valence-corrected chi connectivity index (χ0v) is 11.0. The summed E-state index contributed by atoms with van der Waals surface area (Å²) in [6, 6.07) is 8.36. The number of hydrogen-bond donors (Lipinski definition) is 1. The van der Waals surface area contributed by atoms with Crippen molar-refractivity contribution in [1.82, 2.24) is 4.37 Å². The molecule has 2 nitrogen and oxygen atoms in total. The zero-order valence-electron chi connectivity index (χ0n) is 10.2. The Balaban J connectivity index is 1.73. The number of benzene rings is 1. The molecule has 3 heteroatoms. The second-order valence-electron chi connectivity index (χ2n) is 5.13. The van der Waals surface area contributed by atoms with E-state index in [0.717, 1.165) is 12.1 Å². The number of nitrogens with one attached hydrogen (secondary N) is 1. The molecule has 1 N–H and O–H groups in total. The molecule has 17 heavy (non-hydrogen) atoms. The van der Waals surface area contributed by atoms with Crippen LogP contribution in [-0.4, -0.2) is 10.9 Å². The first-order chi connectivity index (χ1) is 8.33. The van der Waals surface area contributed by atoms with Crippen molar-refractivity contribution in [3.63, 3.8) is 0 Å². The standard InChI is InChI=1S/C14H18N2S/c1-2-7-14(8-9-14)10-15-13-11-5-3-4-6-12(11)16-17-13/h3-6,15H,2,7-10H2,1H3. The van der Waals surface area contributed by atoms with Crippen molar-refractivity contribution in [3.05, 3.63) is 24.3 Å². The largest absolute Gasteiger partial charge is 0.375 e. The van der Waals surface area contributed by atoms with Crippen molar-refractivity contribution in [2.75, 3.05) is 11.9 Å². The molecule has 3 rings (SSSR count). The normalized spacial score (nSPS) is 17.2. The molecule has 0 bridgehead atoms. The van der Waals surface area contributed by atoms with E-state index in [2.05, 4.69) is 34.8 Å². The monoisotopic (exact) mass is 246 g/mol. The summed E-state index contributed by atoms with van der Waals surface area (Å²) in [5, 5.41) is 6.12. The van der Waals surface area contributed by atoms with E-state index >= 15 is 0 Å². The van der Waals surface area contributed by atoms with Crippen molar-refractivity contribution >= 4 is 27.4 Å². The predicted molar refractivity (Wildman–Crippen MR) is 74.7 cm³/mol. The fourth-order valence-electron chi connectivity index (χ4n) is 2.51. The van der Waals surface area contributed by atoms with Gasteiger partial charge in [0.15, 0.2) is 0 Å². The van der Waals surface area contributed by atoms with Crippen LogP contribution in [0.15, 0.2) is 24.3 Å². The molecule has 1 aliphatic rings. The molecule has 0 atom stereocenters. The van der Waals surface area contributed by atoms with Gasteiger partial charge in [0.2, 0.25) is 0 Å². The van der Waals surface area contributed by atoms with Crippen molar-refractivity contribution < 1.29 is 0 Å². The molecule has 0 radical (unpaired) electrons. The maximum absolute atomic E-state index is 4.46. The summed E-state index contributed by atoms with van der Waals surface area (Å²) in [5.41, 5.74) is 1.71. The molecule has 1 aliphatic carbocycles. The third kappa shape index (κ3) is 2.16. The number of rotatable bonds is 5. The Morgan fingerprint density at radius 3 is 2.94 bits per heavy atom. The third-order valence-corrected chi connectivity index (χ3v) is 4.58. The molecule has 2 aromatic rings. The van der Waals surface area contributed by atoms with Gasteiger partial charge in [0, 0.05) is 11.9 Å². The van der Waals surface area contributed by atoms with E-state index in [1.165, 1.54) is 36.1 Å². The summed E-state index contributed by atoms with van der Waals surface area (Å²) < 4.78 is 4.46. The predicted octanol–water partition coefficient (Wildman–Crippen LogP) is 4.29. The molecule has 1 fully saturated rings. The summed E-state index contributed by atoms with van der Waals surface area (Å²) in [5.74, 6) is 0. The van der Waals surface area contributed by atoms with E-state index < -0.39 is 0 Å². The van der Waals surface area contributed by atoms with Crippen molar-refractivity contribution in [2.24, 2.45) is 5.41 Å². The van der Waals surface area contributed by atoms with Crippen LogP contribution >= 0.6 is 11.5 Å². The van der Waals surface area contributed by atoms with E-state index in [4.69, 9.17) is 0 Å². The van der Waals surface area contributed by atoms with Gasteiger partial charge in [-0.2, -0.15) is 4.37 Å². The van der Waals surface area contributed by atoms with E-state index in [1.54, 1.807) is 11.5 Å². The first kappa shape index (κ1) is 11.0. The van der Waals surface area contributed by atoms with Crippen LogP contribution < -0.4 is 5.32 Å². The molecule has 1 saturated carbocycles. The Morgan fingerprint density at radius 2 is 2.18 bits per heavy atom. The van der Waals surface area contributed by atoms with Gasteiger partial charge < -0.3 is 5.32 Å². The van der Waals surface area contributed by atoms with Crippen LogP contribution in [0.3, 0.4) is 0 Å². The van der Waals surface area contributed by atoms with Gasteiger partial charge in [0.1, 0.15) is 5.00 Å². The van der Waals surface area contributed by atoms with Crippen LogP contribution in [0.1, 0.15) is 32.6 Å². The summed E-state index contributed by atoms with van der Waals surface area (Å²) in [6.07, 6.45) is 5.44.